The van der Waals surface area contributed by atoms with Crippen molar-refractivity contribution in [1.82, 2.24) is 5.32 Å². The average Bonchev–Trinajstić information content (AvgIpc) is 2.18. The Labute approximate surface area is 89.0 Å². The van der Waals surface area contributed by atoms with E-state index in [0.717, 1.165) is 38.8 Å². The number of allylic oxidation sites excluding steroid dienone is 1. The fourth-order valence-corrected chi connectivity index (χ4v) is 1.29. The van der Waals surface area contributed by atoms with E-state index in [1.807, 2.05) is 0 Å². The van der Waals surface area contributed by atoms with Crippen LogP contribution in [-0.2, 0) is 0 Å². The average molecular weight is 193 g/mol. The highest BCUT2D eigenvalue weighted by molar-refractivity contribution is 4.99. The van der Waals surface area contributed by atoms with Gasteiger partial charge in [-0.1, -0.05) is 18.6 Å². The minimum Gasteiger partial charge on any atom is -0.316 e. The van der Waals surface area contributed by atoms with Crippen LogP contribution >= 0.6 is 0 Å². The molecule has 0 unspecified atom stereocenters. The lowest BCUT2D eigenvalue weighted by molar-refractivity contribution is 0.675. The third-order valence-corrected chi connectivity index (χ3v) is 2.13. The first-order valence-corrected chi connectivity index (χ1v) is 5.61. The summed E-state index contributed by atoms with van der Waals surface area (Å²) in [5.41, 5.74) is 1.47. The smallest absolute Gasteiger partial charge is 0.00891 e. The molecule has 0 saturated heterocycles. The Morgan fingerprint density at radius 2 is 2.21 bits per heavy atom. The lowest BCUT2D eigenvalue weighted by Gasteiger charge is -2.01. The zero-order chi connectivity index (χ0) is 10.6. The first-order chi connectivity index (χ1) is 6.81. The Hall–Kier alpha value is -0.740. The van der Waals surface area contributed by atoms with E-state index in [2.05, 4.69) is 31.2 Å². The molecule has 0 aliphatic carbocycles. The molecule has 0 aromatic rings. The summed E-state index contributed by atoms with van der Waals surface area (Å²) in [4.78, 5) is 0. The molecule has 0 saturated carbocycles. The summed E-state index contributed by atoms with van der Waals surface area (Å²) in [5.74, 6) is 2.67. The zero-order valence-corrected chi connectivity index (χ0v) is 9.60. The largest absolute Gasteiger partial charge is 0.316 e. The van der Waals surface area contributed by atoms with E-state index in [1.165, 1.54) is 12.0 Å². The van der Waals surface area contributed by atoms with Gasteiger partial charge in [0.05, 0.1) is 0 Å². The van der Waals surface area contributed by atoms with Crippen molar-refractivity contribution in [3.63, 3.8) is 0 Å². The van der Waals surface area contributed by atoms with Gasteiger partial charge in [0.1, 0.15) is 0 Å². The fourth-order valence-electron chi connectivity index (χ4n) is 1.29. The minimum absolute atomic E-state index is 0.902. The van der Waals surface area contributed by atoms with Crippen LogP contribution in [0, 0.1) is 12.3 Å². The van der Waals surface area contributed by atoms with Crippen LogP contribution in [-0.4, -0.2) is 13.1 Å². The molecule has 0 amide bonds. The van der Waals surface area contributed by atoms with Gasteiger partial charge in [-0.25, -0.2) is 0 Å². The van der Waals surface area contributed by atoms with Crippen molar-refractivity contribution in [2.75, 3.05) is 13.1 Å². The van der Waals surface area contributed by atoms with Crippen molar-refractivity contribution < 1.29 is 0 Å². The van der Waals surface area contributed by atoms with Gasteiger partial charge in [0, 0.05) is 6.42 Å². The number of hydrogen-bond donors (Lipinski definition) is 1. The van der Waals surface area contributed by atoms with Crippen LogP contribution in [0.15, 0.2) is 11.6 Å². The summed E-state index contributed by atoms with van der Waals surface area (Å²) < 4.78 is 0. The van der Waals surface area contributed by atoms with E-state index in [-0.39, 0.29) is 0 Å². The molecule has 1 nitrogen and oxygen atoms in total. The molecule has 80 valence electrons. The quantitative estimate of drug-likeness (QED) is 0.355. The number of unbranched alkanes of at least 4 members (excludes halogenated alkanes) is 1. The predicted octanol–water partition coefficient (Wildman–Crippen LogP) is 3.13. The highest BCUT2D eigenvalue weighted by Gasteiger charge is 1.89. The minimum atomic E-state index is 0.902. The maximum atomic E-state index is 5.19. The highest BCUT2D eigenvalue weighted by atomic mass is 14.8. The van der Waals surface area contributed by atoms with Crippen molar-refractivity contribution in [3.8, 4) is 12.3 Å². The first-order valence-electron chi connectivity index (χ1n) is 5.61. The van der Waals surface area contributed by atoms with Crippen LogP contribution in [0.2, 0.25) is 0 Å². The maximum Gasteiger partial charge on any atom is 0.00891 e. The molecular formula is C13H23N. The molecule has 0 fully saturated rings. The van der Waals surface area contributed by atoms with Gasteiger partial charge >= 0.3 is 0 Å². The Bertz CT molecular complexity index is 186. The van der Waals surface area contributed by atoms with Gasteiger partial charge in [-0.3, -0.25) is 0 Å². The number of hydrogen-bond acceptors (Lipinski definition) is 1. The van der Waals surface area contributed by atoms with E-state index in [4.69, 9.17) is 6.42 Å². The van der Waals surface area contributed by atoms with Crippen LogP contribution in [0.5, 0.6) is 0 Å². The van der Waals surface area contributed by atoms with Crippen LogP contribution < -0.4 is 5.32 Å². The molecule has 0 radical (unpaired) electrons. The molecule has 1 N–H and O–H groups in total. The molecule has 0 spiro atoms. The van der Waals surface area contributed by atoms with Gasteiger partial charge in [0.25, 0.3) is 0 Å². The summed E-state index contributed by atoms with van der Waals surface area (Å²) in [6, 6.07) is 0. The molecule has 0 atom stereocenters. The molecule has 14 heavy (non-hydrogen) atoms. The second kappa shape index (κ2) is 10.3. The zero-order valence-electron chi connectivity index (χ0n) is 9.60. The topological polar surface area (TPSA) is 12.0 Å². The molecule has 0 rings (SSSR count). The number of rotatable bonds is 8. The monoisotopic (exact) mass is 193 g/mol. The highest BCUT2D eigenvalue weighted by Crippen LogP contribution is 2.06. The molecule has 0 bridgehead atoms. The van der Waals surface area contributed by atoms with Gasteiger partial charge in [-0.05, 0) is 45.7 Å². The summed E-state index contributed by atoms with van der Waals surface area (Å²) in [7, 11) is 0. The maximum absolute atomic E-state index is 5.19. The van der Waals surface area contributed by atoms with Crippen molar-refractivity contribution in [2.24, 2.45) is 0 Å². The third-order valence-electron chi connectivity index (χ3n) is 2.13. The second-order valence-corrected chi connectivity index (χ2v) is 3.65. The van der Waals surface area contributed by atoms with Gasteiger partial charge in [-0.2, -0.15) is 0 Å². The van der Waals surface area contributed by atoms with Crippen molar-refractivity contribution >= 4 is 0 Å². The molecule has 0 heterocycles. The van der Waals surface area contributed by atoms with Gasteiger partial charge in [0.15, 0.2) is 0 Å². The molecule has 1 heteroatoms. The molecule has 0 aromatic carbocycles. The van der Waals surface area contributed by atoms with Crippen molar-refractivity contribution in [2.45, 2.75) is 46.0 Å². The van der Waals surface area contributed by atoms with Crippen LogP contribution in [0.4, 0.5) is 0 Å². The Balaban J connectivity index is 3.33. The van der Waals surface area contributed by atoms with Gasteiger partial charge in [0.2, 0.25) is 0 Å². The normalized spacial score (nSPS) is 11.4. The van der Waals surface area contributed by atoms with Crippen LogP contribution in [0.25, 0.3) is 0 Å². The third kappa shape index (κ3) is 9.35. The van der Waals surface area contributed by atoms with Gasteiger partial charge in [-0.15, -0.1) is 12.3 Å². The molecule has 0 aromatic heterocycles. The Kier molecular flexibility index (Phi) is 9.79. The lowest BCUT2D eigenvalue weighted by atomic mass is 10.1. The fraction of sp³-hybridized carbons (Fsp3) is 0.692. The predicted molar refractivity (Wildman–Crippen MR) is 64.2 cm³/mol. The number of terminal acetylenes is 1. The van der Waals surface area contributed by atoms with E-state index in [1.54, 1.807) is 0 Å². The van der Waals surface area contributed by atoms with E-state index in [9.17, 15) is 0 Å². The summed E-state index contributed by atoms with van der Waals surface area (Å²) in [5, 5.41) is 3.38. The van der Waals surface area contributed by atoms with E-state index < -0.39 is 0 Å². The summed E-state index contributed by atoms with van der Waals surface area (Å²) in [6.45, 7) is 6.61. The Morgan fingerprint density at radius 3 is 2.86 bits per heavy atom. The standard InChI is InChI=1S/C13H23N/c1-4-6-7-9-13(3)10-8-12-14-11-5-2/h1,10,14H,5-9,11-12H2,2-3H3/b13-10-. The summed E-state index contributed by atoms with van der Waals surface area (Å²) >= 11 is 0. The molecule has 0 aliphatic rings. The first kappa shape index (κ1) is 13.3. The lowest BCUT2D eigenvalue weighted by Crippen LogP contribution is -2.15. The second-order valence-electron chi connectivity index (χ2n) is 3.65. The number of nitrogens with one attached hydrogen (secondary N) is 1. The van der Waals surface area contributed by atoms with Crippen molar-refractivity contribution in [1.29, 1.82) is 0 Å². The van der Waals surface area contributed by atoms with E-state index in [0.29, 0.717) is 0 Å². The van der Waals surface area contributed by atoms with Crippen LogP contribution in [0.1, 0.15) is 46.0 Å². The molecular weight excluding hydrogens is 170 g/mol. The SMILES string of the molecule is C#CCCC/C(C)=C\CCNCCC. The summed E-state index contributed by atoms with van der Waals surface area (Å²) in [6.07, 6.45) is 13.0. The van der Waals surface area contributed by atoms with Crippen molar-refractivity contribution in [3.05, 3.63) is 11.6 Å². The van der Waals surface area contributed by atoms with Gasteiger partial charge < -0.3 is 5.32 Å². The van der Waals surface area contributed by atoms with E-state index >= 15 is 0 Å². The molecule has 0 aliphatic heterocycles. The Morgan fingerprint density at radius 1 is 1.43 bits per heavy atom. The van der Waals surface area contributed by atoms with Crippen LogP contribution in [0.3, 0.4) is 0 Å².